The first kappa shape index (κ1) is 26.0. The first-order chi connectivity index (χ1) is 18.6. The minimum absolute atomic E-state index is 0.0669. The maximum Gasteiger partial charge on any atom is 0.494 e. The van der Waals surface area contributed by atoms with Crippen molar-refractivity contribution >= 4 is 35.3 Å². The first-order valence-corrected chi connectivity index (χ1v) is 14.1. The molecule has 0 spiro atoms. The van der Waals surface area contributed by atoms with Gasteiger partial charge in [-0.1, -0.05) is 24.3 Å². The molecule has 0 radical (unpaired) electrons. The zero-order chi connectivity index (χ0) is 27.5. The summed E-state index contributed by atoms with van der Waals surface area (Å²) >= 11 is 0. The van der Waals surface area contributed by atoms with Crippen LogP contribution >= 0.6 is 0 Å². The molecule has 1 amide bonds. The van der Waals surface area contributed by atoms with Gasteiger partial charge in [0.1, 0.15) is 12.2 Å². The van der Waals surface area contributed by atoms with E-state index < -0.39 is 24.4 Å². The van der Waals surface area contributed by atoms with E-state index in [4.69, 9.17) is 14.0 Å². The zero-order valence-electron chi connectivity index (χ0n) is 23.4. The number of nitrogens with one attached hydrogen (secondary N) is 1. The summed E-state index contributed by atoms with van der Waals surface area (Å²) in [5.41, 5.74) is 4.31. The number of nitrogens with zero attached hydrogens (tertiary/aromatic N) is 2. The van der Waals surface area contributed by atoms with Crippen LogP contribution < -0.4 is 10.8 Å². The molecule has 0 unspecified atom stereocenters. The predicted octanol–water partition coefficient (Wildman–Crippen LogP) is 6.55. The number of carbonyl (C=O) groups is 1. The van der Waals surface area contributed by atoms with Crippen LogP contribution in [-0.2, 0) is 14.0 Å². The SMILES string of the molecule is C[C@@H](OC(=O)Nc1ccc(-c2c(C#N)c3ccc(B4OC(C)(C)C(C)(C)O4)cc3n2C2CCC2)cc1)C1CC1. The van der Waals surface area contributed by atoms with Crippen LogP contribution in [0.4, 0.5) is 10.5 Å². The lowest BCUT2D eigenvalue weighted by Gasteiger charge is -2.32. The summed E-state index contributed by atoms with van der Waals surface area (Å²) in [6.45, 7) is 10.2. The van der Waals surface area contributed by atoms with E-state index in [1.54, 1.807) is 0 Å². The van der Waals surface area contributed by atoms with Gasteiger partial charge < -0.3 is 18.6 Å². The van der Waals surface area contributed by atoms with Gasteiger partial charge in [-0.25, -0.2) is 4.79 Å². The summed E-state index contributed by atoms with van der Waals surface area (Å²) in [5.74, 6) is 0.487. The molecule has 1 N–H and O–H groups in total. The molecule has 2 aliphatic carbocycles. The molecule has 8 heteroatoms. The topological polar surface area (TPSA) is 85.5 Å². The van der Waals surface area contributed by atoms with Gasteiger partial charge in [-0.2, -0.15) is 5.26 Å². The van der Waals surface area contributed by atoms with E-state index in [0.717, 1.165) is 53.3 Å². The third-order valence-electron chi connectivity index (χ3n) is 9.09. The van der Waals surface area contributed by atoms with E-state index >= 15 is 0 Å². The maximum atomic E-state index is 12.3. The van der Waals surface area contributed by atoms with Gasteiger partial charge in [0, 0.05) is 22.6 Å². The number of aromatic nitrogens is 1. The maximum absolute atomic E-state index is 12.3. The minimum Gasteiger partial charge on any atom is -0.446 e. The van der Waals surface area contributed by atoms with Crippen LogP contribution in [0, 0.1) is 17.2 Å². The van der Waals surface area contributed by atoms with Crippen LogP contribution in [0.3, 0.4) is 0 Å². The predicted molar refractivity (Wildman–Crippen MR) is 153 cm³/mol. The van der Waals surface area contributed by atoms with Crippen LogP contribution in [0.5, 0.6) is 0 Å². The summed E-state index contributed by atoms with van der Waals surface area (Å²) in [4.78, 5) is 12.3. The van der Waals surface area contributed by atoms with Crippen LogP contribution in [0.25, 0.3) is 22.2 Å². The van der Waals surface area contributed by atoms with Gasteiger partial charge in [0.2, 0.25) is 0 Å². The van der Waals surface area contributed by atoms with Crippen LogP contribution in [0.2, 0.25) is 0 Å². The third kappa shape index (κ3) is 4.62. The molecule has 0 bridgehead atoms. The molecule has 2 heterocycles. The highest BCUT2D eigenvalue weighted by Gasteiger charge is 2.51. The Hall–Kier alpha value is -3.28. The van der Waals surface area contributed by atoms with Crippen LogP contribution in [0.15, 0.2) is 42.5 Å². The lowest BCUT2D eigenvalue weighted by molar-refractivity contribution is 0.00578. The second-order valence-electron chi connectivity index (χ2n) is 12.3. The second-order valence-corrected chi connectivity index (χ2v) is 12.3. The van der Waals surface area contributed by atoms with Gasteiger partial charge >= 0.3 is 13.2 Å². The standard InChI is InChI=1S/C31H36BN3O4/c1-19(20-9-10-20)37-29(36)34-23-14-11-21(12-15-23)28-26(18-33)25-16-13-22(17-27(25)35(28)24-7-6-8-24)32-38-30(2,3)31(4,5)39-32/h11-17,19-20,24H,6-10H2,1-5H3,(H,34,36)/t19-/m1/s1. The number of ether oxygens (including phenoxy) is 1. The number of rotatable bonds is 6. The normalized spacial score (nSPS) is 20.9. The fourth-order valence-electron chi connectivity index (χ4n) is 5.56. The third-order valence-corrected chi connectivity index (χ3v) is 9.09. The highest BCUT2D eigenvalue weighted by Crippen LogP contribution is 2.43. The highest BCUT2D eigenvalue weighted by atomic mass is 16.7. The van der Waals surface area contributed by atoms with Gasteiger partial charge in [-0.05, 0) is 102 Å². The molecule has 1 aliphatic heterocycles. The summed E-state index contributed by atoms with van der Waals surface area (Å²) in [6, 6.07) is 16.7. The number of amides is 1. The number of hydrogen-bond acceptors (Lipinski definition) is 5. The Bertz CT molecular complexity index is 1450. The molecule has 3 aromatic rings. The van der Waals surface area contributed by atoms with E-state index in [2.05, 4.69) is 49.7 Å². The van der Waals surface area contributed by atoms with Crippen molar-refractivity contribution in [1.82, 2.24) is 4.57 Å². The van der Waals surface area contributed by atoms with Crippen molar-refractivity contribution in [2.75, 3.05) is 5.32 Å². The average molecular weight is 525 g/mol. The monoisotopic (exact) mass is 525 g/mol. The smallest absolute Gasteiger partial charge is 0.446 e. The number of anilines is 1. The molecule has 39 heavy (non-hydrogen) atoms. The molecule has 1 aromatic heterocycles. The molecule has 2 aromatic carbocycles. The molecule has 1 saturated heterocycles. The highest BCUT2D eigenvalue weighted by molar-refractivity contribution is 6.62. The quantitative estimate of drug-likeness (QED) is 0.369. The zero-order valence-corrected chi connectivity index (χ0v) is 23.4. The molecule has 3 aliphatic rings. The van der Waals surface area contributed by atoms with Crippen molar-refractivity contribution in [3.8, 4) is 17.3 Å². The fourth-order valence-corrected chi connectivity index (χ4v) is 5.56. The number of benzene rings is 2. The molecule has 202 valence electrons. The molecular weight excluding hydrogens is 489 g/mol. The first-order valence-electron chi connectivity index (χ1n) is 14.1. The molecule has 3 fully saturated rings. The molecule has 1 atom stereocenters. The summed E-state index contributed by atoms with van der Waals surface area (Å²) in [6.07, 6.45) is 5.07. The number of fused-ring (bicyclic) bond motifs is 1. The Morgan fingerprint density at radius 3 is 2.31 bits per heavy atom. The summed E-state index contributed by atoms with van der Waals surface area (Å²) in [7, 11) is -0.467. The van der Waals surface area contributed by atoms with E-state index in [0.29, 0.717) is 23.2 Å². The molecule has 6 rings (SSSR count). The van der Waals surface area contributed by atoms with Crippen molar-refractivity contribution in [3.63, 3.8) is 0 Å². The Balaban J connectivity index is 1.35. The second kappa shape index (κ2) is 9.43. The van der Waals surface area contributed by atoms with Crippen molar-refractivity contribution in [2.45, 2.75) is 90.1 Å². The average Bonchev–Trinajstić information content (AvgIpc) is 3.62. The lowest BCUT2D eigenvalue weighted by Crippen LogP contribution is -2.41. The number of nitriles is 1. The van der Waals surface area contributed by atoms with Crippen molar-refractivity contribution < 1.29 is 18.8 Å². The van der Waals surface area contributed by atoms with Gasteiger partial charge in [0.15, 0.2) is 0 Å². The Kier molecular flexibility index (Phi) is 6.28. The van der Waals surface area contributed by atoms with Gasteiger partial charge in [0.05, 0.1) is 22.5 Å². The van der Waals surface area contributed by atoms with Crippen LogP contribution in [0.1, 0.15) is 78.3 Å². The van der Waals surface area contributed by atoms with Gasteiger partial charge in [0.25, 0.3) is 0 Å². The minimum atomic E-state index is -0.467. The Labute approximate surface area is 230 Å². The van der Waals surface area contributed by atoms with E-state index in [1.165, 1.54) is 6.42 Å². The van der Waals surface area contributed by atoms with Gasteiger partial charge in [-0.15, -0.1) is 0 Å². The van der Waals surface area contributed by atoms with Crippen molar-refractivity contribution in [1.29, 1.82) is 5.26 Å². The summed E-state index contributed by atoms with van der Waals surface area (Å²) < 4.78 is 20.5. The van der Waals surface area contributed by atoms with E-state index in [1.807, 2.05) is 43.3 Å². The van der Waals surface area contributed by atoms with E-state index in [9.17, 15) is 10.1 Å². The molecular formula is C31H36BN3O4. The fraction of sp³-hybridized carbons (Fsp3) is 0.484. The number of carbonyl (C=O) groups excluding carboxylic acids is 1. The van der Waals surface area contributed by atoms with E-state index in [-0.39, 0.29) is 6.10 Å². The Morgan fingerprint density at radius 1 is 1.08 bits per heavy atom. The number of hydrogen-bond donors (Lipinski definition) is 1. The van der Waals surface area contributed by atoms with Crippen LogP contribution in [-0.4, -0.2) is 35.1 Å². The lowest BCUT2D eigenvalue weighted by atomic mass is 9.78. The largest absolute Gasteiger partial charge is 0.494 e. The van der Waals surface area contributed by atoms with Crippen molar-refractivity contribution in [2.24, 2.45) is 5.92 Å². The Morgan fingerprint density at radius 2 is 1.74 bits per heavy atom. The molecule has 7 nitrogen and oxygen atoms in total. The van der Waals surface area contributed by atoms with Gasteiger partial charge in [-0.3, -0.25) is 5.32 Å². The summed E-state index contributed by atoms with van der Waals surface area (Å²) in [5, 5.41) is 14.1. The molecule has 2 saturated carbocycles. The van der Waals surface area contributed by atoms with Crippen molar-refractivity contribution in [3.05, 3.63) is 48.0 Å².